The molecule has 0 radical (unpaired) electrons. The van der Waals surface area contributed by atoms with Crippen LogP contribution in [-0.2, 0) is 0 Å². The van der Waals surface area contributed by atoms with E-state index in [9.17, 15) is 0 Å². The maximum Gasteiger partial charge on any atom is 0.174 e. The van der Waals surface area contributed by atoms with E-state index in [2.05, 4.69) is 113 Å². The van der Waals surface area contributed by atoms with Gasteiger partial charge < -0.3 is 14.8 Å². The zero-order valence-electron chi connectivity index (χ0n) is 19.7. The number of rotatable bonds is 4. The van der Waals surface area contributed by atoms with Gasteiger partial charge in [-0.1, -0.05) is 34.1 Å². The average molecular weight is 532 g/mol. The van der Waals surface area contributed by atoms with Crippen molar-refractivity contribution in [3.63, 3.8) is 0 Å². The monoisotopic (exact) mass is 530 g/mol. The van der Waals surface area contributed by atoms with Crippen molar-refractivity contribution in [3.05, 3.63) is 111 Å². The lowest BCUT2D eigenvalue weighted by molar-refractivity contribution is 0.565. The standard InChI is InChI=1S/C28H27BrN4S/c1-17-8-7-9-21(14-17)32-19(3)16-23(20(32)4)27-26(25-10-5-6-13-30-25)31-28(34)33(27)22-11-12-24(29)18(2)15-22/h5-16,26-27H,1-4H3,(H,31,34)/t26-,27-/m1/s1. The van der Waals surface area contributed by atoms with Crippen LogP contribution in [0.15, 0.2) is 77.4 Å². The van der Waals surface area contributed by atoms with Gasteiger partial charge in [-0.2, -0.15) is 0 Å². The molecule has 34 heavy (non-hydrogen) atoms. The molecule has 1 fully saturated rings. The third-order valence-corrected chi connectivity index (χ3v) is 7.77. The third-order valence-electron chi connectivity index (χ3n) is 6.57. The molecule has 6 heteroatoms. The Morgan fingerprint density at radius 1 is 0.912 bits per heavy atom. The highest BCUT2D eigenvalue weighted by Crippen LogP contribution is 2.44. The fraction of sp³-hybridized carbons (Fsp3) is 0.214. The van der Waals surface area contributed by atoms with E-state index in [-0.39, 0.29) is 12.1 Å². The first-order valence-corrected chi connectivity index (χ1v) is 12.6. The normalized spacial score (nSPS) is 17.8. The summed E-state index contributed by atoms with van der Waals surface area (Å²) in [7, 11) is 0. The summed E-state index contributed by atoms with van der Waals surface area (Å²) in [6, 6.07) is 23.3. The molecule has 0 bridgehead atoms. The minimum atomic E-state index is -0.0656. The Kier molecular flexibility index (Phi) is 6.04. The Hall–Kier alpha value is -2.96. The lowest BCUT2D eigenvalue weighted by Crippen LogP contribution is -2.29. The SMILES string of the molecule is Cc1cccc(-n2c(C)cc([C@@H]3[C@@H](c4ccccn4)NC(=S)N3c3ccc(Br)c(C)c3)c2C)c1. The molecule has 0 aliphatic carbocycles. The highest BCUT2D eigenvalue weighted by atomic mass is 79.9. The summed E-state index contributed by atoms with van der Waals surface area (Å²) in [5, 5.41) is 4.29. The molecule has 0 amide bonds. The fourth-order valence-corrected chi connectivity index (χ4v) is 5.57. The van der Waals surface area contributed by atoms with Crippen molar-refractivity contribution >= 4 is 38.9 Å². The van der Waals surface area contributed by atoms with Gasteiger partial charge in [0, 0.05) is 33.4 Å². The van der Waals surface area contributed by atoms with Crippen LogP contribution in [0.4, 0.5) is 5.69 Å². The van der Waals surface area contributed by atoms with Crippen LogP contribution in [0.5, 0.6) is 0 Å². The van der Waals surface area contributed by atoms with E-state index in [1.165, 1.54) is 33.8 Å². The molecule has 4 aromatic rings. The lowest BCUT2D eigenvalue weighted by atomic mass is 9.96. The summed E-state index contributed by atoms with van der Waals surface area (Å²) in [4.78, 5) is 6.94. The quantitative estimate of drug-likeness (QED) is 0.286. The van der Waals surface area contributed by atoms with Gasteiger partial charge >= 0.3 is 0 Å². The molecule has 5 rings (SSSR count). The number of benzene rings is 2. The van der Waals surface area contributed by atoms with Crippen molar-refractivity contribution < 1.29 is 0 Å². The van der Waals surface area contributed by atoms with E-state index >= 15 is 0 Å². The summed E-state index contributed by atoms with van der Waals surface area (Å²) in [6.07, 6.45) is 1.85. The average Bonchev–Trinajstić information content (AvgIpc) is 3.31. The predicted octanol–water partition coefficient (Wildman–Crippen LogP) is 7.05. The van der Waals surface area contributed by atoms with E-state index < -0.39 is 0 Å². The number of hydrogen-bond donors (Lipinski definition) is 1. The first-order chi connectivity index (χ1) is 16.3. The Bertz CT molecular complexity index is 1380. The lowest BCUT2D eigenvalue weighted by Gasteiger charge is -2.28. The number of nitrogens with zero attached hydrogens (tertiary/aromatic N) is 3. The highest BCUT2D eigenvalue weighted by molar-refractivity contribution is 9.10. The second-order valence-corrected chi connectivity index (χ2v) is 10.2. The maximum absolute atomic E-state index is 5.91. The van der Waals surface area contributed by atoms with Crippen LogP contribution < -0.4 is 10.2 Å². The number of nitrogens with one attached hydrogen (secondary N) is 1. The molecule has 0 saturated carbocycles. The molecule has 0 unspecified atom stereocenters. The molecule has 172 valence electrons. The van der Waals surface area contributed by atoms with Gasteiger partial charge in [0.25, 0.3) is 0 Å². The zero-order chi connectivity index (χ0) is 24.0. The van der Waals surface area contributed by atoms with Gasteiger partial charge in [-0.05, 0) is 105 Å². The Morgan fingerprint density at radius 2 is 1.74 bits per heavy atom. The smallest absolute Gasteiger partial charge is 0.174 e. The molecule has 2 aromatic heterocycles. The van der Waals surface area contributed by atoms with E-state index in [1.807, 2.05) is 18.3 Å². The van der Waals surface area contributed by atoms with E-state index in [0.717, 1.165) is 15.9 Å². The van der Waals surface area contributed by atoms with Crippen molar-refractivity contribution in [2.45, 2.75) is 39.8 Å². The fourth-order valence-electron chi connectivity index (χ4n) is 4.98. The van der Waals surface area contributed by atoms with E-state index in [0.29, 0.717) is 5.11 Å². The zero-order valence-corrected chi connectivity index (χ0v) is 22.1. The van der Waals surface area contributed by atoms with Gasteiger partial charge in [-0.15, -0.1) is 0 Å². The second kappa shape index (κ2) is 9.01. The van der Waals surface area contributed by atoms with E-state index in [4.69, 9.17) is 17.2 Å². The van der Waals surface area contributed by atoms with Gasteiger partial charge in [0.15, 0.2) is 5.11 Å². The van der Waals surface area contributed by atoms with Gasteiger partial charge in [0.1, 0.15) is 0 Å². The molecule has 4 nitrogen and oxygen atoms in total. The predicted molar refractivity (Wildman–Crippen MR) is 147 cm³/mol. The molecule has 2 atom stereocenters. The van der Waals surface area contributed by atoms with E-state index in [1.54, 1.807) is 0 Å². The Balaban J connectivity index is 1.69. The van der Waals surface area contributed by atoms with Crippen molar-refractivity contribution in [1.29, 1.82) is 0 Å². The summed E-state index contributed by atoms with van der Waals surface area (Å²) < 4.78 is 3.43. The van der Waals surface area contributed by atoms with Gasteiger partial charge in [0.05, 0.1) is 17.8 Å². The molecule has 1 aliphatic rings. The van der Waals surface area contributed by atoms with Crippen molar-refractivity contribution in [2.24, 2.45) is 0 Å². The van der Waals surface area contributed by atoms with Crippen molar-refractivity contribution in [3.8, 4) is 5.69 Å². The van der Waals surface area contributed by atoms with Crippen molar-refractivity contribution in [2.75, 3.05) is 4.90 Å². The molecule has 1 saturated heterocycles. The number of hydrogen-bond acceptors (Lipinski definition) is 2. The van der Waals surface area contributed by atoms with Crippen LogP contribution in [-0.4, -0.2) is 14.7 Å². The number of halogens is 1. The van der Waals surface area contributed by atoms with Crippen LogP contribution in [0.2, 0.25) is 0 Å². The Morgan fingerprint density at radius 3 is 2.44 bits per heavy atom. The summed E-state index contributed by atoms with van der Waals surface area (Å²) >= 11 is 9.55. The largest absolute Gasteiger partial charge is 0.351 e. The number of aromatic nitrogens is 2. The second-order valence-electron chi connectivity index (χ2n) is 8.93. The minimum absolute atomic E-state index is 0.0345. The molecular weight excluding hydrogens is 504 g/mol. The molecule has 1 aliphatic heterocycles. The number of thiocarbonyl (C=S) groups is 1. The molecule has 2 aromatic carbocycles. The van der Waals surface area contributed by atoms with Crippen LogP contribution in [0.25, 0.3) is 5.69 Å². The Labute approximate surface area is 214 Å². The molecular formula is C28H27BrN4S. The van der Waals surface area contributed by atoms with Gasteiger partial charge in [-0.3, -0.25) is 4.98 Å². The summed E-state index contributed by atoms with van der Waals surface area (Å²) in [5.41, 5.74) is 9.28. The summed E-state index contributed by atoms with van der Waals surface area (Å²) in [5.74, 6) is 0. The van der Waals surface area contributed by atoms with Crippen molar-refractivity contribution in [1.82, 2.24) is 14.9 Å². The number of aryl methyl sites for hydroxylation is 3. The number of pyridine rings is 1. The first-order valence-electron chi connectivity index (χ1n) is 11.4. The van der Waals surface area contributed by atoms with Crippen LogP contribution >= 0.6 is 28.1 Å². The third kappa shape index (κ3) is 3.95. The molecule has 0 spiro atoms. The van der Waals surface area contributed by atoms with Crippen LogP contribution in [0, 0.1) is 27.7 Å². The molecule has 1 N–H and O–H groups in total. The molecule has 3 heterocycles. The van der Waals surface area contributed by atoms with Crippen LogP contribution in [0.3, 0.4) is 0 Å². The van der Waals surface area contributed by atoms with Crippen LogP contribution in [0.1, 0.15) is 45.9 Å². The van der Waals surface area contributed by atoms with Gasteiger partial charge in [0.2, 0.25) is 0 Å². The van der Waals surface area contributed by atoms with Gasteiger partial charge in [-0.25, -0.2) is 0 Å². The first kappa shape index (κ1) is 22.8. The topological polar surface area (TPSA) is 33.1 Å². The highest BCUT2D eigenvalue weighted by Gasteiger charge is 2.42. The minimum Gasteiger partial charge on any atom is -0.351 e. The number of anilines is 1. The maximum atomic E-state index is 5.91. The summed E-state index contributed by atoms with van der Waals surface area (Å²) in [6.45, 7) is 8.61.